The van der Waals surface area contributed by atoms with Crippen LogP contribution in [0.4, 0.5) is 0 Å². The van der Waals surface area contributed by atoms with Crippen molar-refractivity contribution in [2.75, 3.05) is 20.1 Å². The van der Waals surface area contributed by atoms with Crippen LogP contribution in [-0.4, -0.2) is 47.8 Å². The number of rotatable bonds is 3. The summed E-state index contributed by atoms with van der Waals surface area (Å²) in [5, 5.41) is 0. The topological polar surface area (TPSA) is 49.9 Å². The number of likely N-dealkylation sites (N-methyl/N-ethyl adjacent to an activating group) is 1. The van der Waals surface area contributed by atoms with Crippen molar-refractivity contribution < 1.29 is 14.3 Å². The fourth-order valence-corrected chi connectivity index (χ4v) is 3.84. The number of carbonyl (C=O) groups excluding carboxylic acids is 2. The van der Waals surface area contributed by atoms with E-state index in [0.717, 1.165) is 12.8 Å². The summed E-state index contributed by atoms with van der Waals surface area (Å²) >= 11 is 0. The molecule has 2 aromatic rings. The lowest BCUT2D eigenvalue weighted by Gasteiger charge is -2.32. The van der Waals surface area contributed by atoms with E-state index >= 15 is 0 Å². The van der Waals surface area contributed by atoms with E-state index in [2.05, 4.69) is 0 Å². The number of carbonyl (C=O) groups is 2. The molecule has 3 aliphatic heterocycles. The van der Waals surface area contributed by atoms with Crippen LogP contribution in [-0.2, 0) is 4.79 Å². The third-order valence-electron chi connectivity index (χ3n) is 5.34. The molecule has 0 N–H and O–H groups in total. The zero-order valence-electron chi connectivity index (χ0n) is 14.8. The van der Waals surface area contributed by atoms with Crippen LogP contribution in [0.2, 0.25) is 0 Å². The summed E-state index contributed by atoms with van der Waals surface area (Å²) in [6.45, 7) is 1.06. The van der Waals surface area contributed by atoms with Gasteiger partial charge in [0.25, 0.3) is 5.91 Å². The average Bonchev–Trinajstić information content (AvgIpc) is 2.96. The molecule has 3 aliphatic rings. The van der Waals surface area contributed by atoms with Gasteiger partial charge in [0.1, 0.15) is 11.5 Å². The van der Waals surface area contributed by atoms with Gasteiger partial charge in [-0.15, -0.1) is 0 Å². The number of fused-ring (bicyclic) bond motifs is 4. The number of ether oxygens (including phenoxy) is 1. The first-order chi connectivity index (χ1) is 12.6. The second-order valence-electron chi connectivity index (χ2n) is 7.00. The lowest BCUT2D eigenvalue weighted by atomic mass is 9.95. The first kappa shape index (κ1) is 16.6. The van der Waals surface area contributed by atoms with Crippen LogP contribution in [0.1, 0.15) is 23.2 Å². The van der Waals surface area contributed by atoms with E-state index in [1.54, 1.807) is 6.07 Å². The zero-order valence-corrected chi connectivity index (χ0v) is 14.8. The summed E-state index contributed by atoms with van der Waals surface area (Å²) in [4.78, 5) is 29.2. The summed E-state index contributed by atoms with van der Waals surface area (Å²) < 4.78 is 5.94. The van der Waals surface area contributed by atoms with Crippen LogP contribution in [0.25, 0.3) is 0 Å². The number of hydrogen-bond acceptors (Lipinski definition) is 3. The predicted octanol–water partition coefficient (Wildman–Crippen LogP) is 3.17. The van der Waals surface area contributed by atoms with E-state index in [0.29, 0.717) is 30.2 Å². The number of piperidine rings is 1. The maximum absolute atomic E-state index is 13.2. The molecule has 3 fully saturated rings. The number of benzene rings is 2. The van der Waals surface area contributed by atoms with Crippen LogP contribution in [0.5, 0.6) is 11.5 Å². The maximum Gasteiger partial charge on any atom is 0.257 e. The Kier molecular flexibility index (Phi) is 4.37. The van der Waals surface area contributed by atoms with Crippen LogP contribution in [0.15, 0.2) is 54.6 Å². The lowest BCUT2D eigenvalue weighted by Crippen LogP contribution is -2.45. The number of amides is 2. The highest BCUT2D eigenvalue weighted by molar-refractivity contribution is 5.97. The summed E-state index contributed by atoms with van der Waals surface area (Å²) in [7, 11) is 1.85. The molecule has 5 heteroatoms. The lowest BCUT2D eigenvalue weighted by molar-refractivity contribution is -0.138. The second kappa shape index (κ2) is 6.83. The van der Waals surface area contributed by atoms with E-state index in [1.807, 2.05) is 65.4 Å². The van der Waals surface area contributed by atoms with E-state index in [9.17, 15) is 9.59 Å². The third kappa shape index (κ3) is 3.05. The van der Waals surface area contributed by atoms with Gasteiger partial charge in [0.05, 0.1) is 11.5 Å². The van der Waals surface area contributed by atoms with Crippen molar-refractivity contribution in [3.05, 3.63) is 60.2 Å². The SMILES string of the molecule is CN1C(=O)[C@H]2CC[C@@H]1CN(C(=O)c1ccccc1Oc1ccccc1)C2. The van der Waals surface area contributed by atoms with Gasteiger partial charge in [0.15, 0.2) is 0 Å². The van der Waals surface area contributed by atoms with Gasteiger partial charge in [-0.1, -0.05) is 30.3 Å². The summed E-state index contributed by atoms with van der Waals surface area (Å²) in [6, 6.07) is 16.8. The molecule has 3 saturated heterocycles. The molecule has 0 spiro atoms. The Hall–Kier alpha value is -2.82. The Morgan fingerprint density at radius 1 is 1.00 bits per heavy atom. The predicted molar refractivity (Wildman–Crippen MR) is 98.1 cm³/mol. The molecular formula is C21H22N2O3. The monoisotopic (exact) mass is 350 g/mol. The van der Waals surface area contributed by atoms with Crippen LogP contribution in [0, 0.1) is 5.92 Å². The highest BCUT2D eigenvalue weighted by Gasteiger charge is 2.40. The fourth-order valence-electron chi connectivity index (χ4n) is 3.84. The first-order valence-corrected chi connectivity index (χ1v) is 9.01. The molecule has 134 valence electrons. The van der Waals surface area contributed by atoms with Gasteiger partial charge in [-0.05, 0) is 37.1 Å². The molecule has 0 aliphatic carbocycles. The Bertz CT molecular complexity index is 821. The van der Waals surface area contributed by atoms with Gasteiger partial charge in [-0.2, -0.15) is 0 Å². The minimum absolute atomic E-state index is 0.0727. The molecular weight excluding hydrogens is 328 g/mol. The maximum atomic E-state index is 13.2. The summed E-state index contributed by atoms with van der Waals surface area (Å²) in [5.74, 6) is 1.23. The minimum atomic E-state index is -0.0927. The van der Waals surface area contributed by atoms with Crippen molar-refractivity contribution >= 4 is 11.8 Å². The Labute approximate surface area is 153 Å². The van der Waals surface area contributed by atoms with Crippen LogP contribution >= 0.6 is 0 Å². The van der Waals surface area contributed by atoms with E-state index in [-0.39, 0.29) is 23.8 Å². The van der Waals surface area contributed by atoms with Gasteiger partial charge in [-0.25, -0.2) is 0 Å². The molecule has 0 unspecified atom stereocenters. The minimum Gasteiger partial charge on any atom is -0.457 e. The molecule has 2 atom stereocenters. The fraction of sp³-hybridized carbons (Fsp3) is 0.333. The zero-order chi connectivity index (χ0) is 18.1. The van der Waals surface area contributed by atoms with Crippen molar-refractivity contribution in [2.24, 2.45) is 5.92 Å². The Morgan fingerprint density at radius 3 is 2.54 bits per heavy atom. The van der Waals surface area contributed by atoms with Crippen LogP contribution in [0.3, 0.4) is 0 Å². The van der Waals surface area contributed by atoms with E-state index in [4.69, 9.17) is 4.74 Å². The van der Waals surface area contributed by atoms with Crippen molar-refractivity contribution in [1.29, 1.82) is 0 Å². The van der Waals surface area contributed by atoms with Gasteiger partial charge in [0.2, 0.25) is 5.91 Å². The molecule has 0 aromatic heterocycles. The molecule has 3 heterocycles. The van der Waals surface area contributed by atoms with Crippen LogP contribution < -0.4 is 4.74 Å². The van der Waals surface area contributed by atoms with Gasteiger partial charge in [0, 0.05) is 26.2 Å². The molecule has 5 rings (SSSR count). The Morgan fingerprint density at radius 2 is 1.73 bits per heavy atom. The van der Waals surface area contributed by atoms with Gasteiger partial charge < -0.3 is 14.5 Å². The third-order valence-corrected chi connectivity index (χ3v) is 5.34. The van der Waals surface area contributed by atoms with Crippen molar-refractivity contribution in [3.8, 4) is 11.5 Å². The molecule has 0 saturated carbocycles. The standard InChI is InChI=1S/C21H22N2O3/c1-22-16-12-11-15(20(22)24)13-23(14-16)21(25)18-9-5-6-10-19(18)26-17-7-3-2-4-8-17/h2-10,15-16H,11-14H2,1H3/t15-,16+/m0/s1. The first-order valence-electron chi connectivity index (χ1n) is 9.01. The largest absolute Gasteiger partial charge is 0.457 e. The van der Waals surface area contributed by atoms with Gasteiger partial charge >= 0.3 is 0 Å². The summed E-state index contributed by atoms with van der Waals surface area (Å²) in [6.07, 6.45) is 1.82. The highest BCUT2D eigenvalue weighted by Crippen LogP contribution is 2.31. The normalized spacial score (nSPS) is 22.3. The Balaban J connectivity index is 1.60. The number of para-hydroxylation sites is 2. The number of hydrogen-bond donors (Lipinski definition) is 0. The quantitative estimate of drug-likeness (QED) is 0.854. The van der Waals surface area contributed by atoms with E-state index in [1.165, 1.54) is 0 Å². The molecule has 2 bridgehead atoms. The molecule has 0 radical (unpaired) electrons. The number of nitrogens with zero attached hydrogens (tertiary/aromatic N) is 2. The smallest absolute Gasteiger partial charge is 0.257 e. The average molecular weight is 350 g/mol. The van der Waals surface area contributed by atoms with Crippen molar-refractivity contribution in [3.63, 3.8) is 0 Å². The molecule has 2 amide bonds. The van der Waals surface area contributed by atoms with Crippen molar-refractivity contribution in [1.82, 2.24) is 9.80 Å². The molecule has 2 aromatic carbocycles. The summed E-state index contributed by atoms with van der Waals surface area (Å²) in [5.41, 5.74) is 0.535. The van der Waals surface area contributed by atoms with E-state index < -0.39 is 0 Å². The molecule has 26 heavy (non-hydrogen) atoms. The highest BCUT2D eigenvalue weighted by atomic mass is 16.5. The van der Waals surface area contributed by atoms with Crippen molar-refractivity contribution in [2.45, 2.75) is 18.9 Å². The second-order valence-corrected chi connectivity index (χ2v) is 7.00. The molecule has 5 nitrogen and oxygen atoms in total. The van der Waals surface area contributed by atoms with Gasteiger partial charge in [-0.3, -0.25) is 9.59 Å².